The minimum atomic E-state index is 0.504. The van der Waals surface area contributed by atoms with Crippen LogP contribution in [0.15, 0.2) is 42.9 Å². The minimum Gasteiger partial charge on any atom is -0.332 e. The van der Waals surface area contributed by atoms with Crippen LogP contribution in [0.1, 0.15) is 5.69 Å². The zero-order chi connectivity index (χ0) is 17.4. The number of pyridine rings is 1. The van der Waals surface area contributed by atoms with Crippen LogP contribution in [-0.4, -0.2) is 35.5 Å². The molecule has 0 atom stereocenters. The van der Waals surface area contributed by atoms with Crippen molar-refractivity contribution in [3.63, 3.8) is 0 Å². The highest BCUT2D eigenvalue weighted by Crippen LogP contribution is 2.28. The number of aryl methyl sites for hydroxylation is 2. The van der Waals surface area contributed by atoms with E-state index in [0.717, 1.165) is 22.8 Å². The van der Waals surface area contributed by atoms with Crippen LogP contribution >= 0.6 is 0 Å². The molecule has 4 aromatic rings. The van der Waals surface area contributed by atoms with E-state index in [1.165, 1.54) is 0 Å². The first-order valence-corrected chi connectivity index (χ1v) is 7.68. The fourth-order valence-corrected chi connectivity index (χ4v) is 2.75. The maximum atomic E-state index is 10.8. The molecule has 0 unspecified atom stereocenters. The minimum absolute atomic E-state index is 0.504. The number of hydrogen-bond donors (Lipinski definition) is 1. The second-order valence-electron chi connectivity index (χ2n) is 5.61. The molecule has 0 aliphatic rings. The summed E-state index contributed by atoms with van der Waals surface area (Å²) in [7, 11) is 1.91. The SMILES string of the molecule is Cc1cccc(-c2ncn(C)c2-c2ccc3ncc(NC=O)n3n2)n1. The third-order valence-electron chi connectivity index (χ3n) is 3.88. The molecule has 4 heterocycles. The van der Waals surface area contributed by atoms with E-state index >= 15 is 0 Å². The summed E-state index contributed by atoms with van der Waals surface area (Å²) in [6.45, 7) is 1.94. The number of carbonyl (C=O) groups excluding carboxylic acids is 1. The molecule has 4 rings (SSSR count). The van der Waals surface area contributed by atoms with Gasteiger partial charge in [-0.15, -0.1) is 0 Å². The number of amides is 1. The van der Waals surface area contributed by atoms with Gasteiger partial charge < -0.3 is 9.88 Å². The quantitative estimate of drug-likeness (QED) is 0.577. The first kappa shape index (κ1) is 15.0. The topological polar surface area (TPSA) is 90.0 Å². The number of fused-ring (bicyclic) bond motifs is 1. The third kappa shape index (κ3) is 2.53. The summed E-state index contributed by atoms with van der Waals surface area (Å²) in [6, 6.07) is 9.55. The predicted molar refractivity (Wildman–Crippen MR) is 92.8 cm³/mol. The number of anilines is 1. The van der Waals surface area contributed by atoms with Gasteiger partial charge in [0, 0.05) is 12.7 Å². The lowest BCUT2D eigenvalue weighted by molar-refractivity contribution is -0.105. The van der Waals surface area contributed by atoms with E-state index in [1.807, 2.05) is 48.9 Å². The zero-order valence-electron chi connectivity index (χ0n) is 13.7. The number of carbonyl (C=O) groups is 1. The van der Waals surface area contributed by atoms with Crippen molar-refractivity contribution in [2.24, 2.45) is 7.05 Å². The van der Waals surface area contributed by atoms with Crippen LogP contribution in [0, 0.1) is 6.92 Å². The molecule has 124 valence electrons. The first-order chi connectivity index (χ1) is 12.2. The van der Waals surface area contributed by atoms with E-state index < -0.39 is 0 Å². The van der Waals surface area contributed by atoms with E-state index in [0.29, 0.717) is 23.6 Å². The highest BCUT2D eigenvalue weighted by atomic mass is 16.1. The van der Waals surface area contributed by atoms with Crippen molar-refractivity contribution in [3.8, 4) is 22.8 Å². The summed E-state index contributed by atoms with van der Waals surface area (Å²) in [6.07, 6.45) is 3.90. The molecule has 0 saturated carbocycles. The van der Waals surface area contributed by atoms with Gasteiger partial charge in [0.2, 0.25) is 6.41 Å². The molecule has 0 spiro atoms. The fourth-order valence-electron chi connectivity index (χ4n) is 2.75. The Morgan fingerprint density at radius 3 is 2.80 bits per heavy atom. The molecule has 0 saturated heterocycles. The second-order valence-corrected chi connectivity index (χ2v) is 5.61. The smallest absolute Gasteiger partial charge is 0.212 e. The Hall–Kier alpha value is -3.55. The number of hydrogen-bond acceptors (Lipinski definition) is 5. The first-order valence-electron chi connectivity index (χ1n) is 7.68. The Morgan fingerprint density at radius 1 is 1.12 bits per heavy atom. The van der Waals surface area contributed by atoms with Crippen LogP contribution in [0.5, 0.6) is 0 Å². The highest BCUT2D eigenvalue weighted by Gasteiger charge is 2.17. The van der Waals surface area contributed by atoms with Crippen LogP contribution in [0.4, 0.5) is 5.82 Å². The van der Waals surface area contributed by atoms with E-state index in [1.54, 1.807) is 17.0 Å². The van der Waals surface area contributed by atoms with Crippen LogP contribution < -0.4 is 5.32 Å². The molecule has 0 fully saturated rings. The van der Waals surface area contributed by atoms with Crippen molar-refractivity contribution in [2.75, 3.05) is 5.32 Å². The van der Waals surface area contributed by atoms with Crippen LogP contribution in [0.25, 0.3) is 28.4 Å². The average Bonchev–Trinajstić information content (AvgIpc) is 3.19. The largest absolute Gasteiger partial charge is 0.332 e. The van der Waals surface area contributed by atoms with Gasteiger partial charge in [-0.25, -0.2) is 9.97 Å². The number of nitrogens with zero attached hydrogens (tertiary/aromatic N) is 6. The summed E-state index contributed by atoms with van der Waals surface area (Å²) >= 11 is 0. The van der Waals surface area contributed by atoms with Crippen molar-refractivity contribution in [1.29, 1.82) is 0 Å². The Kier molecular flexibility index (Phi) is 3.50. The monoisotopic (exact) mass is 333 g/mol. The molecule has 0 radical (unpaired) electrons. The van der Waals surface area contributed by atoms with Crippen molar-refractivity contribution in [2.45, 2.75) is 6.92 Å². The van der Waals surface area contributed by atoms with Gasteiger partial charge in [0.25, 0.3) is 0 Å². The molecule has 0 aromatic carbocycles. The Labute approximate surface area is 143 Å². The lowest BCUT2D eigenvalue weighted by atomic mass is 10.1. The van der Waals surface area contributed by atoms with Gasteiger partial charge in [-0.3, -0.25) is 9.78 Å². The lowest BCUT2D eigenvalue weighted by Crippen LogP contribution is -2.03. The van der Waals surface area contributed by atoms with E-state index in [-0.39, 0.29) is 0 Å². The van der Waals surface area contributed by atoms with Gasteiger partial charge >= 0.3 is 0 Å². The number of nitrogens with one attached hydrogen (secondary N) is 1. The van der Waals surface area contributed by atoms with E-state index in [2.05, 4.69) is 25.4 Å². The van der Waals surface area contributed by atoms with Crippen LogP contribution in [0.2, 0.25) is 0 Å². The molecule has 8 nitrogen and oxygen atoms in total. The maximum absolute atomic E-state index is 10.8. The molecule has 8 heteroatoms. The van der Waals surface area contributed by atoms with Gasteiger partial charge in [-0.05, 0) is 31.2 Å². The molecule has 1 N–H and O–H groups in total. The number of imidazole rings is 2. The van der Waals surface area contributed by atoms with E-state index in [4.69, 9.17) is 0 Å². The molecular weight excluding hydrogens is 318 g/mol. The summed E-state index contributed by atoms with van der Waals surface area (Å²) in [5.74, 6) is 0.504. The third-order valence-corrected chi connectivity index (χ3v) is 3.88. The summed E-state index contributed by atoms with van der Waals surface area (Å²) in [5, 5.41) is 7.20. The molecule has 0 aliphatic carbocycles. The standard InChI is InChI=1S/C17H15N7O/c1-11-4-3-5-12(21-11)16-17(23(2)9-19-16)13-6-7-14-18-8-15(20-10-25)24(14)22-13/h3-10H,1-2H3,(H,20,25). The average molecular weight is 333 g/mol. The van der Waals surface area contributed by atoms with E-state index in [9.17, 15) is 4.79 Å². The highest BCUT2D eigenvalue weighted by molar-refractivity contribution is 5.76. The summed E-state index contributed by atoms with van der Waals surface area (Å²) in [4.78, 5) is 24.0. The Morgan fingerprint density at radius 2 is 2.00 bits per heavy atom. The maximum Gasteiger partial charge on any atom is 0.212 e. The Bertz CT molecular complexity index is 1080. The molecule has 0 aliphatic heterocycles. The Balaban J connectivity index is 1.90. The number of aromatic nitrogens is 6. The molecular formula is C17H15N7O. The summed E-state index contributed by atoms with van der Waals surface area (Å²) in [5.41, 5.74) is 4.65. The van der Waals surface area contributed by atoms with Crippen LogP contribution in [-0.2, 0) is 11.8 Å². The van der Waals surface area contributed by atoms with Crippen molar-refractivity contribution in [3.05, 3.63) is 48.5 Å². The zero-order valence-corrected chi connectivity index (χ0v) is 13.7. The molecule has 25 heavy (non-hydrogen) atoms. The van der Waals surface area contributed by atoms with Gasteiger partial charge in [-0.2, -0.15) is 9.61 Å². The van der Waals surface area contributed by atoms with Gasteiger partial charge in [0.1, 0.15) is 11.4 Å². The molecule has 1 amide bonds. The predicted octanol–water partition coefficient (Wildman–Crippen LogP) is 2.07. The lowest BCUT2D eigenvalue weighted by Gasteiger charge is -2.07. The van der Waals surface area contributed by atoms with Crippen LogP contribution in [0.3, 0.4) is 0 Å². The van der Waals surface area contributed by atoms with Gasteiger partial charge in [0.05, 0.1) is 23.9 Å². The van der Waals surface area contributed by atoms with Gasteiger partial charge in [0.15, 0.2) is 11.5 Å². The fraction of sp³-hybridized carbons (Fsp3) is 0.118. The second kappa shape index (κ2) is 5.82. The van der Waals surface area contributed by atoms with Crippen molar-refractivity contribution < 1.29 is 4.79 Å². The number of rotatable bonds is 4. The van der Waals surface area contributed by atoms with Gasteiger partial charge in [-0.1, -0.05) is 6.07 Å². The molecule has 4 aromatic heterocycles. The van der Waals surface area contributed by atoms with Crippen molar-refractivity contribution >= 4 is 17.9 Å². The molecule has 0 bridgehead atoms. The van der Waals surface area contributed by atoms with Crippen molar-refractivity contribution in [1.82, 2.24) is 29.1 Å². The normalized spacial score (nSPS) is 11.0. The summed E-state index contributed by atoms with van der Waals surface area (Å²) < 4.78 is 3.49.